The van der Waals surface area contributed by atoms with Crippen LogP contribution in [0.2, 0.25) is 0 Å². The van der Waals surface area contributed by atoms with Crippen LogP contribution in [0.25, 0.3) is 10.9 Å². The number of hydrogen-bond acceptors (Lipinski definition) is 4. The molecule has 21 heavy (non-hydrogen) atoms. The van der Waals surface area contributed by atoms with Gasteiger partial charge in [0.2, 0.25) is 0 Å². The fourth-order valence-electron chi connectivity index (χ4n) is 3.18. The summed E-state index contributed by atoms with van der Waals surface area (Å²) in [5, 5.41) is 20.6. The van der Waals surface area contributed by atoms with E-state index in [0.717, 1.165) is 36.1 Å². The van der Waals surface area contributed by atoms with Gasteiger partial charge in [-0.2, -0.15) is 5.26 Å². The van der Waals surface area contributed by atoms with Crippen LogP contribution >= 0.6 is 0 Å². The molecule has 1 N–H and O–H groups in total. The van der Waals surface area contributed by atoms with Crippen LogP contribution in [0.15, 0.2) is 30.3 Å². The van der Waals surface area contributed by atoms with Crippen molar-refractivity contribution in [1.29, 1.82) is 5.26 Å². The Kier molecular flexibility index (Phi) is 3.30. The van der Waals surface area contributed by atoms with E-state index in [4.69, 9.17) is 4.98 Å². The van der Waals surface area contributed by atoms with Gasteiger partial charge in [0, 0.05) is 11.9 Å². The fraction of sp³-hybridized carbons (Fsp3) is 0.412. The molecule has 1 aromatic heterocycles. The smallest absolute Gasteiger partial charge is 0.130 e. The van der Waals surface area contributed by atoms with Gasteiger partial charge in [0.25, 0.3) is 0 Å². The monoisotopic (exact) mass is 281 g/mol. The number of benzene rings is 1. The number of anilines is 1. The molecule has 0 radical (unpaired) electrons. The second kappa shape index (κ2) is 5.01. The number of rotatable bonds is 2. The Morgan fingerprint density at radius 2 is 2.14 bits per heavy atom. The topological polar surface area (TPSA) is 60.1 Å². The van der Waals surface area contributed by atoms with Crippen molar-refractivity contribution in [3.63, 3.8) is 0 Å². The van der Waals surface area contributed by atoms with Gasteiger partial charge < -0.3 is 10.0 Å². The highest BCUT2D eigenvalue weighted by Gasteiger charge is 2.36. The lowest BCUT2D eigenvalue weighted by molar-refractivity contribution is 0.0533. The maximum Gasteiger partial charge on any atom is 0.130 e. The summed E-state index contributed by atoms with van der Waals surface area (Å²) in [7, 11) is 0. The first-order chi connectivity index (χ1) is 10.0. The molecule has 1 aliphatic heterocycles. The lowest BCUT2D eigenvalue weighted by Gasteiger charge is -2.34. The van der Waals surface area contributed by atoms with Crippen LogP contribution in [0.1, 0.15) is 32.3 Å². The summed E-state index contributed by atoms with van der Waals surface area (Å²) in [6.07, 6.45) is 1.98. The Bertz CT molecular complexity index is 712. The van der Waals surface area contributed by atoms with Crippen molar-refractivity contribution in [3.05, 3.63) is 35.9 Å². The average Bonchev–Trinajstić information content (AvgIpc) is 2.95. The summed E-state index contributed by atoms with van der Waals surface area (Å²) in [5.74, 6) is 0.787. The second-order valence-corrected chi connectivity index (χ2v) is 6.16. The zero-order chi connectivity index (χ0) is 15.0. The first kappa shape index (κ1) is 13.8. The van der Waals surface area contributed by atoms with E-state index in [-0.39, 0.29) is 6.04 Å². The van der Waals surface area contributed by atoms with Gasteiger partial charge in [-0.05, 0) is 38.8 Å². The minimum Gasteiger partial charge on any atom is -0.388 e. The quantitative estimate of drug-likeness (QED) is 0.919. The zero-order valence-corrected chi connectivity index (χ0v) is 12.4. The molecule has 0 amide bonds. The molecule has 2 heterocycles. The highest BCUT2D eigenvalue weighted by Crippen LogP contribution is 2.32. The Hall–Kier alpha value is -2.12. The van der Waals surface area contributed by atoms with Crippen LogP contribution in [0.4, 0.5) is 5.82 Å². The third-order valence-corrected chi connectivity index (χ3v) is 4.19. The Morgan fingerprint density at radius 1 is 1.38 bits per heavy atom. The molecule has 0 saturated carbocycles. The minimum atomic E-state index is -0.781. The summed E-state index contributed by atoms with van der Waals surface area (Å²) < 4.78 is 0. The first-order valence-corrected chi connectivity index (χ1v) is 7.29. The summed E-state index contributed by atoms with van der Waals surface area (Å²) in [5.41, 5.74) is 0.682. The third kappa shape index (κ3) is 2.45. The van der Waals surface area contributed by atoms with Crippen LogP contribution in [-0.2, 0) is 0 Å². The molecule has 0 aliphatic carbocycles. The zero-order valence-electron chi connectivity index (χ0n) is 12.4. The number of nitriles is 1. The van der Waals surface area contributed by atoms with Crippen molar-refractivity contribution >= 4 is 16.7 Å². The fourth-order valence-corrected chi connectivity index (χ4v) is 3.18. The molecule has 4 heteroatoms. The van der Waals surface area contributed by atoms with Gasteiger partial charge in [-0.15, -0.1) is 0 Å². The third-order valence-electron chi connectivity index (χ3n) is 4.19. The van der Waals surface area contributed by atoms with Crippen molar-refractivity contribution in [2.45, 2.75) is 38.3 Å². The summed E-state index contributed by atoms with van der Waals surface area (Å²) in [4.78, 5) is 6.83. The number of aliphatic hydroxyl groups is 1. The van der Waals surface area contributed by atoms with E-state index in [0.29, 0.717) is 5.56 Å². The summed E-state index contributed by atoms with van der Waals surface area (Å²) >= 11 is 0. The highest BCUT2D eigenvalue weighted by molar-refractivity contribution is 5.86. The maximum absolute atomic E-state index is 10.4. The van der Waals surface area contributed by atoms with E-state index in [2.05, 4.69) is 11.0 Å². The van der Waals surface area contributed by atoms with Crippen molar-refractivity contribution in [1.82, 2.24) is 4.98 Å². The van der Waals surface area contributed by atoms with E-state index in [1.54, 1.807) is 0 Å². The van der Waals surface area contributed by atoms with Crippen molar-refractivity contribution < 1.29 is 5.11 Å². The molecule has 1 aliphatic rings. The number of para-hydroxylation sites is 1. The molecular weight excluding hydrogens is 262 g/mol. The van der Waals surface area contributed by atoms with Gasteiger partial charge in [-0.1, -0.05) is 18.2 Å². The maximum atomic E-state index is 10.4. The molecule has 0 bridgehead atoms. The van der Waals surface area contributed by atoms with E-state index >= 15 is 0 Å². The molecule has 1 unspecified atom stereocenters. The first-order valence-electron chi connectivity index (χ1n) is 7.29. The van der Waals surface area contributed by atoms with Gasteiger partial charge in [-0.3, -0.25) is 0 Å². The van der Waals surface area contributed by atoms with Gasteiger partial charge >= 0.3 is 0 Å². The summed E-state index contributed by atoms with van der Waals surface area (Å²) in [6.45, 7) is 4.54. The van der Waals surface area contributed by atoms with Crippen LogP contribution in [0.5, 0.6) is 0 Å². The molecule has 4 nitrogen and oxygen atoms in total. The molecule has 1 atom stereocenters. The second-order valence-electron chi connectivity index (χ2n) is 6.16. The Morgan fingerprint density at radius 3 is 2.86 bits per heavy atom. The van der Waals surface area contributed by atoms with Gasteiger partial charge in [0.15, 0.2) is 0 Å². The number of hydrogen-bond donors (Lipinski definition) is 1. The normalized spacial score (nSPS) is 19.0. The average molecular weight is 281 g/mol. The van der Waals surface area contributed by atoms with Crippen LogP contribution in [0.3, 0.4) is 0 Å². The van der Waals surface area contributed by atoms with Crippen LogP contribution < -0.4 is 4.90 Å². The van der Waals surface area contributed by atoms with Crippen molar-refractivity contribution in [2.75, 3.05) is 11.4 Å². The van der Waals surface area contributed by atoms with Crippen LogP contribution in [0, 0.1) is 11.3 Å². The van der Waals surface area contributed by atoms with Gasteiger partial charge in [0.05, 0.1) is 28.8 Å². The minimum absolute atomic E-state index is 0.0395. The number of aromatic nitrogens is 1. The molecule has 108 valence electrons. The number of pyridine rings is 1. The van der Waals surface area contributed by atoms with E-state index in [1.165, 1.54) is 0 Å². The summed E-state index contributed by atoms with van der Waals surface area (Å²) in [6, 6.07) is 11.8. The standard InChI is InChI=1S/C17H19N3O/c1-17(2,21)15-8-5-9-20(15)16-10-12(11-18)13-6-3-4-7-14(13)19-16/h3-4,6-7,10,15,21H,5,8-9H2,1-2H3. The van der Waals surface area contributed by atoms with E-state index in [9.17, 15) is 10.4 Å². The van der Waals surface area contributed by atoms with Gasteiger partial charge in [-0.25, -0.2) is 4.98 Å². The van der Waals surface area contributed by atoms with Gasteiger partial charge in [0.1, 0.15) is 5.82 Å². The molecule has 1 fully saturated rings. The molecular formula is C17H19N3O. The Balaban J connectivity index is 2.11. The van der Waals surface area contributed by atoms with Crippen LogP contribution in [-0.4, -0.2) is 28.3 Å². The van der Waals surface area contributed by atoms with E-state index < -0.39 is 5.60 Å². The SMILES string of the molecule is CC(C)(O)C1CCCN1c1cc(C#N)c2ccccc2n1. The molecule has 0 spiro atoms. The predicted octanol–water partition coefficient (Wildman–Crippen LogP) is 2.85. The molecule has 2 aromatic rings. The number of nitrogens with zero attached hydrogens (tertiary/aromatic N) is 3. The lowest BCUT2D eigenvalue weighted by Crippen LogP contribution is -2.46. The Labute approximate surface area is 124 Å². The number of fused-ring (bicyclic) bond motifs is 1. The highest BCUT2D eigenvalue weighted by atomic mass is 16.3. The molecule has 1 saturated heterocycles. The van der Waals surface area contributed by atoms with E-state index in [1.807, 2.05) is 44.2 Å². The lowest BCUT2D eigenvalue weighted by atomic mass is 9.96. The van der Waals surface area contributed by atoms with Crippen molar-refractivity contribution in [2.24, 2.45) is 0 Å². The largest absolute Gasteiger partial charge is 0.388 e. The molecule has 3 rings (SSSR count). The molecule has 1 aromatic carbocycles. The van der Waals surface area contributed by atoms with Crippen molar-refractivity contribution in [3.8, 4) is 6.07 Å². The predicted molar refractivity (Wildman–Crippen MR) is 83.1 cm³/mol.